The standard InChI is InChI=1S/C27H29IN2O4/c1-3-12-30-13-11-26-22-16-7-8-20(33-2)23(22)34-24(26)19(9-10-27(26,32)21(30)15-16)29-25(31)17-5-4-6-18(28)14-17/h3-8,14,19,21,24,32H,1,9-13,15H2,2H3,(H,29,31)/t19-,21-,24+,26+,27-/m1/s1. The minimum Gasteiger partial charge on any atom is -0.493 e. The van der Waals surface area contributed by atoms with Crippen molar-refractivity contribution < 1.29 is 19.4 Å². The second-order valence-electron chi connectivity index (χ2n) is 9.95. The molecule has 34 heavy (non-hydrogen) atoms. The summed E-state index contributed by atoms with van der Waals surface area (Å²) in [6, 6.07) is 11.5. The van der Waals surface area contributed by atoms with Crippen LogP contribution in [0.4, 0.5) is 0 Å². The number of nitrogens with one attached hydrogen (secondary N) is 1. The number of halogens is 1. The summed E-state index contributed by atoms with van der Waals surface area (Å²) < 4.78 is 13.4. The molecule has 5 atom stereocenters. The Hall–Kier alpha value is -2.10. The van der Waals surface area contributed by atoms with Crippen LogP contribution in [0, 0.1) is 3.57 Å². The first-order valence-electron chi connectivity index (χ1n) is 11.9. The lowest BCUT2D eigenvalue weighted by Crippen LogP contribution is -2.78. The van der Waals surface area contributed by atoms with Crippen molar-refractivity contribution in [3.8, 4) is 11.5 Å². The highest BCUT2D eigenvalue weighted by Crippen LogP contribution is 2.65. The minimum absolute atomic E-state index is 0.00968. The Bertz CT molecular complexity index is 1190. The van der Waals surface area contributed by atoms with Gasteiger partial charge in [0.1, 0.15) is 6.10 Å². The van der Waals surface area contributed by atoms with E-state index in [1.807, 2.05) is 36.4 Å². The number of hydrogen-bond acceptors (Lipinski definition) is 5. The second kappa shape index (κ2) is 7.96. The van der Waals surface area contributed by atoms with E-state index in [9.17, 15) is 9.90 Å². The van der Waals surface area contributed by atoms with Gasteiger partial charge in [-0.15, -0.1) is 6.58 Å². The Labute approximate surface area is 213 Å². The van der Waals surface area contributed by atoms with E-state index in [1.165, 1.54) is 5.56 Å². The SMILES string of the molecule is C=CCN1CC[C@]23c4c5ccc(OC)c4O[C@H]2[C@H](NC(=O)c2cccc(I)c2)CC[C@@]3(O)[C@H]1C5. The summed E-state index contributed by atoms with van der Waals surface area (Å²) in [6.07, 6.45) is 4.37. The van der Waals surface area contributed by atoms with E-state index in [0.717, 1.165) is 40.8 Å². The zero-order chi connectivity index (χ0) is 23.7. The first kappa shape index (κ1) is 22.4. The molecule has 1 spiro atoms. The van der Waals surface area contributed by atoms with E-state index < -0.39 is 11.0 Å². The van der Waals surface area contributed by atoms with E-state index in [2.05, 4.69) is 45.5 Å². The van der Waals surface area contributed by atoms with Crippen LogP contribution in [0.3, 0.4) is 0 Å². The van der Waals surface area contributed by atoms with Crippen molar-refractivity contribution in [1.82, 2.24) is 10.2 Å². The molecule has 1 amide bonds. The molecule has 2 aliphatic heterocycles. The maximum atomic E-state index is 13.2. The summed E-state index contributed by atoms with van der Waals surface area (Å²) in [6.45, 7) is 5.55. The van der Waals surface area contributed by atoms with Gasteiger partial charge in [0.05, 0.1) is 24.2 Å². The number of carbonyl (C=O) groups excluding carboxylic acids is 1. The number of likely N-dealkylation sites (tertiary alicyclic amines) is 1. The highest BCUT2D eigenvalue weighted by molar-refractivity contribution is 14.1. The molecule has 2 aliphatic carbocycles. The molecule has 2 bridgehead atoms. The number of nitrogens with zero attached hydrogens (tertiary/aromatic N) is 1. The maximum Gasteiger partial charge on any atom is 0.251 e. The zero-order valence-corrected chi connectivity index (χ0v) is 21.4. The summed E-state index contributed by atoms with van der Waals surface area (Å²) >= 11 is 2.22. The number of piperidine rings is 1. The number of amides is 1. The fraction of sp³-hybridized carbons (Fsp3) is 0.444. The molecule has 178 valence electrons. The molecule has 4 aliphatic rings. The number of methoxy groups -OCH3 is 1. The molecule has 6 rings (SSSR count). The molecule has 2 heterocycles. The van der Waals surface area contributed by atoms with E-state index in [4.69, 9.17) is 9.47 Å². The molecule has 0 aromatic heterocycles. The van der Waals surface area contributed by atoms with Gasteiger partial charge in [0, 0.05) is 27.3 Å². The lowest BCUT2D eigenvalue weighted by Gasteiger charge is -2.64. The third-order valence-corrected chi connectivity index (χ3v) is 9.22. The molecule has 0 radical (unpaired) electrons. The van der Waals surface area contributed by atoms with Crippen molar-refractivity contribution >= 4 is 28.5 Å². The van der Waals surface area contributed by atoms with Crippen LogP contribution in [0.25, 0.3) is 0 Å². The largest absolute Gasteiger partial charge is 0.493 e. The van der Waals surface area contributed by atoms with Crippen molar-refractivity contribution in [2.75, 3.05) is 20.2 Å². The smallest absolute Gasteiger partial charge is 0.251 e. The van der Waals surface area contributed by atoms with Crippen LogP contribution in [0.2, 0.25) is 0 Å². The fourth-order valence-electron chi connectivity index (χ4n) is 7.19. The number of benzene rings is 2. The highest BCUT2D eigenvalue weighted by Gasteiger charge is 2.73. The topological polar surface area (TPSA) is 71.0 Å². The van der Waals surface area contributed by atoms with Gasteiger partial charge in [-0.2, -0.15) is 0 Å². The monoisotopic (exact) mass is 572 g/mol. The molecular weight excluding hydrogens is 543 g/mol. The number of ether oxygens (including phenoxy) is 2. The van der Waals surface area contributed by atoms with Crippen LogP contribution in [0.5, 0.6) is 11.5 Å². The molecule has 7 heteroatoms. The molecule has 2 N–H and O–H groups in total. The van der Waals surface area contributed by atoms with Crippen molar-refractivity contribution in [2.45, 2.75) is 54.9 Å². The Morgan fingerprint density at radius 3 is 3.00 bits per heavy atom. The second-order valence-corrected chi connectivity index (χ2v) is 11.2. The molecule has 1 saturated carbocycles. The Balaban J connectivity index is 1.44. The Kier molecular flexibility index (Phi) is 5.24. The summed E-state index contributed by atoms with van der Waals surface area (Å²) in [5.74, 6) is 1.34. The van der Waals surface area contributed by atoms with Crippen molar-refractivity contribution in [1.29, 1.82) is 0 Å². The van der Waals surface area contributed by atoms with Gasteiger partial charge in [0.15, 0.2) is 11.5 Å². The summed E-state index contributed by atoms with van der Waals surface area (Å²) in [5, 5.41) is 15.7. The highest BCUT2D eigenvalue weighted by atomic mass is 127. The van der Waals surface area contributed by atoms with E-state index in [-0.39, 0.29) is 24.1 Å². The summed E-state index contributed by atoms with van der Waals surface area (Å²) in [5.41, 5.74) is 1.44. The van der Waals surface area contributed by atoms with Gasteiger partial charge < -0.3 is 19.9 Å². The third kappa shape index (κ3) is 2.89. The predicted molar refractivity (Wildman–Crippen MR) is 138 cm³/mol. The molecular formula is C27H29IN2O4. The van der Waals surface area contributed by atoms with E-state index in [0.29, 0.717) is 24.2 Å². The fourth-order valence-corrected chi connectivity index (χ4v) is 7.74. The Morgan fingerprint density at radius 2 is 2.24 bits per heavy atom. The number of aliphatic hydroxyl groups is 1. The molecule has 2 aromatic carbocycles. The summed E-state index contributed by atoms with van der Waals surface area (Å²) in [4.78, 5) is 15.6. The molecule has 6 nitrogen and oxygen atoms in total. The van der Waals surface area contributed by atoms with Crippen LogP contribution in [-0.4, -0.2) is 59.9 Å². The number of hydrogen-bond donors (Lipinski definition) is 2. The lowest BCUT2D eigenvalue weighted by atomic mass is 9.48. The van der Waals surface area contributed by atoms with Crippen molar-refractivity contribution in [2.24, 2.45) is 0 Å². The van der Waals surface area contributed by atoms with Crippen LogP contribution >= 0.6 is 22.6 Å². The normalized spacial score (nSPS) is 33.0. The zero-order valence-electron chi connectivity index (χ0n) is 19.2. The third-order valence-electron chi connectivity index (χ3n) is 8.54. The van der Waals surface area contributed by atoms with Crippen LogP contribution in [0.15, 0.2) is 49.1 Å². The van der Waals surface area contributed by atoms with Gasteiger partial charge in [-0.05, 0) is 84.6 Å². The molecule has 2 fully saturated rings. The number of rotatable bonds is 5. The van der Waals surface area contributed by atoms with Crippen molar-refractivity contribution in [3.05, 3.63) is 69.3 Å². The van der Waals surface area contributed by atoms with Gasteiger partial charge in [-0.25, -0.2) is 0 Å². The first-order valence-corrected chi connectivity index (χ1v) is 13.0. The number of carbonyl (C=O) groups is 1. The maximum absolute atomic E-state index is 13.2. The average molecular weight is 572 g/mol. The quantitative estimate of drug-likeness (QED) is 0.425. The Morgan fingerprint density at radius 1 is 1.38 bits per heavy atom. The van der Waals surface area contributed by atoms with Crippen LogP contribution < -0.4 is 14.8 Å². The summed E-state index contributed by atoms with van der Waals surface area (Å²) in [7, 11) is 1.65. The molecule has 2 aromatic rings. The predicted octanol–water partition coefficient (Wildman–Crippen LogP) is 3.44. The van der Waals surface area contributed by atoms with E-state index >= 15 is 0 Å². The lowest BCUT2D eigenvalue weighted by molar-refractivity contribution is -0.188. The van der Waals surface area contributed by atoms with E-state index in [1.54, 1.807) is 7.11 Å². The van der Waals surface area contributed by atoms with Crippen LogP contribution in [0.1, 0.15) is 40.7 Å². The van der Waals surface area contributed by atoms with Crippen molar-refractivity contribution in [3.63, 3.8) is 0 Å². The van der Waals surface area contributed by atoms with Crippen LogP contribution in [-0.2, 0) is 11.8 Å². The first-order chi connectivity index (χ1) is 16.4. The molecule has 1 saturated heterocycles. The van der Waals surface area contributed by atoms with Gasteiger partial charge in [0.2, 0.25) is 0 Å². The average Bonchev–Trinajstić information content (AvgIpc) is 3.18. The van der Waals surface area contributed by atoms with Gasteiger partial charge in [0.25, 0.3) is 5.91 Å². The van der Waals surface area contributed by atoms with Gasteiger partial charge in [-0.1, -0.05) is 18.2 Å². The molecule has 0 unspecified atom stereocenters. The van der Waals surface area contributed by atoms with Gasteiger partial charge in [-0.3, -0.25) is 9.69 Å². The van der Waals surface area contributed by atoms with Gasteiger partial charge >= 0.3 is 0 Å². The minimum atomic E-state index is -0.938.